The molecule has 0 radical (unpaired) electrons. The number of esters is 1. The Labute approximate surface area is 182 Å². The van der Waals surface area contributed by atoms with E-state index in [-0.39, 0.29) is 17.8 Å². The van der Waals surface area contributed by atoms with E-state index in [1.165, 1.54) is 11.8 Å². The number of carbonyl (C=O) groups is 2. The Balaban J connectivity index is 1.72. The highest BCUT2D eigenvalue weighted by atomic mass is 79.9. The molecule has 2 aromatic carbocycles. The number of amidine groups is 1. The molecule has 2 aromatic rings. The maximum Gasteiger partial charge on any atom is 0.338 e. The first-order valence-electron chi connectivity index (χ1n) is 9.21. The molecule has 5 nitrogen and oxygen atoms in total. The van der Waals surface area contributed by atoms with Crippen molar-refractivity contribution in [1.29, 1.82) is 0 Å². The van der Waals surface area contributed by atoms with Crippen molar-refractivity contribution < 1.29 is 14.3 Å². The number of aliphatic imine (C=N–C) groups is 1. The third-order valence-corrected chi connectivity index (χ3v) is 6.40. The van der Waals surface area contributed by atoms with Crippen molar-refractivity contribution in [3.05, 3.63) is 81.5 Å². The summed E-state index contributed by atoms with van der Waals surface area (Å²) < 4.78 is 6.48. The molecule has 148 valence electrons. The molecule has 1 fully saturated rings. The van der Waals surface area contributed by atoms with Gasteiger partial charge in [-0.3, -0.25) is 9.69 Å². The number of hydrogen-bond donors (Lipinski definition) is 0. The number of benzene rings is 2. The summed E-state index contributed by atoms with van der Waals surface area (Å²) in [4.78, 5) is 32.2. The molecule has 2 aliphatic heterocycles. The van der Waals surface area contributed by atoms with Gasteiger partial charge in [-0.25, -0.2) is 9.79 Å². The summed E-state index contributed by atoms with van der Waals surface area (Å²) >= 11 is 4.91. The standard InChI is InChI=1S/C22H19BrN2O3S/c1-13-18(21(27)28-12-15-7-4-3-5-8-15)19(16-9-6-10-17(23)11-16)25-20(26)14(2)29-22(25)24-13/h3-11,14,19H,12H2,1-2H3. The zero-order valence-electron chi connectivity index (χ0n) is 16.0. The van der Waals surface area contributed by atoms with Gasteiger partial charge in [0.15, 0.2) is 5.17 Å². The van der Waals surface area contributed by atoms with Crippen LogP contribution in [0.3, 0.4) is 0 Å². The van der Waals surface area contributed by atoms with Crippen LogP contribution in [-0.4, -0.2) is 27.2 Å². The van der Waals surface area contributed by atoms with E-state index in [2.05, 4.69) is 20.9 Å². The van der Waals surface area contributed by atoms with Gasteiger partial charge in [-0.05, 0) is 37.1 Å². The SMILES string of the molecule is CC1=C(C(=O)OCc2ccccc2)C(c2cccc(Br)c2)N2C(=O)C(C)SC2=N1. The largest absolute Gasteiger partial charge is 0.457 e. The molecule has 29 heavy (non-hydrogen) atoms. The molecule has 4 rings (SSSR count). The number of fused-ring (bicyclic) bond motifs is 1. The smallest absolute Gasteiger partial charge is 0.338 e. The van der Waals surface area contributed by atoms with Gasteiger partial charge in [-0.15, -0.1) is 0 Å². The predicted octanol–water partition coefficient (Wildman–Crippen LogP) is 4.84. The van der Waals surface area contributed by atoms with Crippen molar-refractivity contribution in [2.75, 3.05) is 0 Å². The van der Waals surface area contributed by atoms with E-state index in [4.69, 9.17) is 4.74 Å². The molecule has 1 amide bonds. The predicted molar refractivity (Wildman–Crippen MR) is 117 cm³/mol. The van der Waals surface area contributed by atoms with Gasteiger partial charge in [-0.2, -0.15) is 0 Å². The molecule has 0 aliphatic carbocycles. The normalized spacial score (nSPS) is 21.1. The lowest BCUT2D eigenvalue weighted by Gasteiger charge is -2.33. The van der Waals surface area contributed by atoms with Crippen LogP contribution >= 0.6 is 27.7 Å². The van der Waals surface area contributed by atoms with E-state index in [0.29, 0.717) is 16.4 Å². The van der Waals surface area contributed by atoms with Gasteiger partial charge in [0.2, 0.25) is 5.91 Å². The first-order chi connectivity index (χ1) is 14.0. The van der Waals surface area contributed by atoms with Gasteiger partial charge >= 0.3 is 5.97 Å². The highest BCUT2D eigenvalue weighted by molar-refractivity contribution is 9.10. The molecule has 0 spiro atoms. The highest BCUT2D eigenvalue weighted by Gasteiger charge is 2.46. The Kier molecular flexibility index (Phi) is 5.61. The Bertz CT molecular complexity index is 1040. The summed E-state index contributed by atoms with van der Waals surface area (Å²) in [6, 6.07) is 16.6. The van der Waals surface area contributed by atoms with E-state index in [0.717, 1.165) is 15.6 Å². The summed E-state index contributed by atoms with van der Waals surface area (Å²) in [5, 5.41) is 0.389. The van der Waals surface area contributed by atoms with Crippen LogP contribution in [0, 0.1) is 0 Å². The van der Waals surface area contributed by atoms with Crippen LogP contribution in [0.4, 0.5) is 0 Å². The highest BCUT2D eigenvalue weighted by Crippen LogP contribution is 2.43. The lowest BCUT2D eigenvalue weighted by Crippen LogP contribution is -2.40. The van der Waals surface area contributed by atoms with Gasteiger partial charge in [0.05, 0.1) is 22.6 Å². The average Bonchev–Trinajstić information content (AvgIpc) is 2.99. The minimum Gasteiger partial charge on any atom is -0.457 e. The maximum absolute atomic E-state index is 13.1. The zero-order chi connectivity index (χ0) is 20.5. The van der Waals surface area contributed by atoms with Crippen LogP contribution in [0.2, 0.25) is 0 Å². The third-order valence-electron chi connectivity index (χ3n) is 4.86. The minimum absolute atomic E-state index is 0.0559. The van der Waals surface area contributed by atoms with Crippen molar-refractivity contribution in [2.24, 2.45) is 4.99 Å². The summed E-state index contributed by atoms with van der Waals surface area (Å²) in [7, 11) is 0. The Hall–Kier alpha value is -2.38. The Morgan fingerprint density at radius 3 is 2.69 bits per heavy atom. The van der Waals surface area contributed by atoms with E-state index in [9.17, 15) is 9.59 Å². The lowest BCUT2D eigenvalue weighted by atomic mass is 9.94. The fourth-order valence-electron chi connectivity index (χ4n) is 3.46. The van der Waals surface area contributed by atoms with E-state index < -0.39 is 12.0 Å². The fourth-order valence-corrected chi connectivity index (χ4v) is 4.90. The topological polar surface area (TPSA) is 59.0 Å². The number of carbonyl (C=O) groups excluding carboxylic acids is 2. The van der Waals surface area contributed by atoms with Crippen molar-refractivity contribution in [1.82, 2.24) is 4.90 Å². The molecule has 2 unspecified atom stereocenters. The quantitative estimate of drug-likeness (QED) is 0.599. The molecule has 2 aliphatic rings. The molecule has 2 heterocycles. The van der Waals surface area contributed by atoms with Crippen LogP contribution in [-0.2, 0) is 20.9 Å². The lowest BCUT2D eigenvalue weighted by molar-refractivity contribution is -0.141. The van der Waals surface area contributed by atoms with Crippen molar-refractivity contribution in [3.8, 4) is 0 Å². The number of nitrogens with zero attached hydrogens (tertiary/aromatic N) is 2. The number of hydrogen-bond acceptors (Lipinski definition) is 5. The Morgan fingerprint density at radius 2 is 1.97 bits per heavy atom. The van der Waals surface area contributed by atoms with Crippen LogP contribution in [0.1, 0.15) is 31.0 Å². The molecule has 0 N–H and O–H groups in total. The van der Waals surface area contributed by atoms with Gasteiger partial charge in [0.25, 0.3) is 0 Å². The molecular formula is C22H19BrN2O3S. The molecular weight excluding hydrogens is 452 g/mol. The van der Waals surface area contributed by atoms with Crippen LogP contribution in [0.15, 0.2) is 75.3 Å². The minimum atomic E-state index is -0.562. The molecule has 2 atom stereocenters. The van der Waals surface area contributed by atoms with Crippen molar-refractivity contribution in [3.63, 3.8) is 0 Å². The second-order valence-electron chi connectivity index (χ2n) is 6.88. The third kappa shape index (κ3) is 3.89. The number of rotatable bonds is 4. The fraction of sp³-hybridized carbons (Fsp3) is 0.227. The van der Waals surface area contributed by atoms with E-state index in [1.54, 1.807) is 11.8 Å². The van der Waals surface area contributed by atoms with Gasteiger partial charge in [0.1, 0.15) is 6.61 Å². The molecule has 0 aromatic heterocycles. The van der Waals surface area contributed by atoms with Crippen LogP contribution < -0.4 is 0 Å². The number of ether oxygens (including phenoxy) is 1. The molecule has 7 heteroatoms. The first-order valence-corrected chi connectivity index (χ1v) is 10.9. The maximum atomic E-state index is 13.1. The van der Waals surface area contributed by atoms with Crippen molar-refractivity contribution in [2.45, 2.75) is 31.7 Å². The van der Waals surface area contributed by atoms with E-state index >= 15 is 0 Å². The average molecular weight is 471 g/mol. The summed E-state index contributed by atoms with van der Waals surface area (Å²) in [6.07, 6.45) is 0. The number of thioether (sulfide) groups is 1. The number of amides is 1. The summed E-state index contributed by atoms with van der Waals surface area (Å²) in [6.45, 7) is 3.81. The second-order valence-corrected chi connectivity index (χ2v) is 9.10. The Morgan fingerprint density at radius 1 is 1.21 bits per heavy atom. The second kappa shape index (κ2) is 8.16. The monoisotopic (exact) mass is 470 g/mol. The molecule has 0 bridgehead atoms. The first kappa shape index (κ1) is 19.9. The summed E-state index contributed by atoms with van der Waals surface area (Å²) in [5.74, 6) is -0.518. The zero-order valence-corrected chi connectivity index (χ0v) is 18.4. The molecule has 0 saturated carbocycles. The van der Waals surface area contributed by atoms with E-state index in [1.807, 2.05) is 61.5 Å². The van der Waals surface area contributed by atoms with Gasteiger partial charge in [0, 0.05) is 4.47 Å². The number of halogens is 1. The molecule has 1 saturated heterocycles. The van der Waals surface area contributed by atoms with Gasteiger partial charge < -0.3 is 4.74 Å². The summed E-state index contributed by atoms with van der Waals surface area (Å²) in [5.41, 5.74) is 2.71. The van der Waals surface area contributed by atoms with Crippen LogP contribution in [0.5, 0.6) is 0 Å². The van der Waals surface area contributed by atoms with Gasteiger partial charge in [-0.1, -0.05) is 70.2 Å². The van der Waals surface area contributed by atoms with Crippen molar-refractivity contribution >= 4 is 44.7 Å². The number of allylic oxidation sites excluding steroid dienone is 1. The van der Waals surface area contributed by atoms with Crippen LogP contribution in [0.25, 0.3) is 0 Å².